The molecule has 5 aromatic heterocycles. The number of hydrogen-bond acceptors (Lipinski definition) is 5. The maximum atomic E-state index is 6.20. The number of benzene rings is 5. The van der Waals surface area contributed by atoms with E-state index in [1.165, 1.54) is 59.2 Å². The van der Waals surface area contributed by atoms with Crippen LogP contribution in [0.1, 0.15) is 80.3 Å². The molecule has 0 aliphatic heterocycles. The summed E-state index contributed by atoms with van der Waals surface area (Å²) in [7, 11) is -1.31. The molecule has 0 unspecified atom stereocenters. The number of pyridine rings is 3. The maximum Gasteiger partial charge on any atom is 0.141 e. The van der Waals surface area contributed by atoms with Gasteiger partial charge in [-0.2, -0.15) is 0 Å². The third kappa shape index (κ3) is 8.93. The Morgan fingerprint density at radius 1 is 0.662 bits per heavy atom. The summed E-state index contributed by atoms with van der Waals surface area (Å²) in [6.45, 7) is 18.4. The molecule has 0 N–H and O–H groups in total. The fourth-order valence-corrected chi connectivity index (χ4v) is 11.5. The van der Waals surface area contributed by atoms with Crippen molar-refractivity contribution in [3.8, 4) is 50.6 Å². The van der Waals surface area contributed by atoms with Crippen LogP contribution in [0.25, 0.3) is 83.7 Å². The van der Waals surface area contributed by atoms with E-state index < -0.39 is 8.07 Å². The molecule has 0 spiro atoms. The third-order valence-electron chi connectivity index (χ3n) is 13.3. The Labute approximate surface area is 415 Å². The number of rotatable bonds is 8. The molecule has 1 aliphatic carbocycles. The van der Waals surface area contributed by atoms with Gasteiger partial charge in [0.2, 0.25) is 0 Å². The van der Waals surface area contributed by atoms with Crippen LogP contribution in [0.2, 0.25) is 19.6 Å². The molecule has 1 radical (unpaired) electrons. The van der Waals surface area contributed by atoms with Crippen LogP contribution in [0.15, 0.2) is 144 Å². The van der Waals surface area contributed by atoms with Crippen molar-refractivity contribution in [3.63, 3.8) is 0 Å². The molecule has 0 saturated heterocycles. The van der Waals surface area contributed by atoms with Gasteiger partial charge in [-0.15, -0.1) is 42.0 Å². The Morgan fingerprint density at radius 2 is 1.32 bits per heavy atom. The predicted octanol–water partition coefficient (Wildman–Crippen LogP) is 15.0. The Balaban J connectivity index is 0.000000230. The van der Waals surface area contributed by atoms with E-state index in [1.807, 2.05) is 36.5 Å². The van der Waals surface area contributed by atoms with E-state index in [1.54, 1.807) is 10.8 Å². The van der Waals surface area contributed by atoms with Crippen LogP contribution in [0.5, 0.6) is 0 Å². The Hall–Kier alpha value is -6.31. The first-order chi connectivity index (χ1) is 32.4. The second kappa shape index (κ2) is 19.4. The van der Waals surface area contributed by atoms with Gasteiger partial charge in [0.05, 0.1) is 30.6 Å². The monoisotopic (exact) mass is 1080 g/mol. The van der Waals surface area contributed by atoms with Crippen molar-refractivity contribution in [1.82, 2.24) is 24.5 Å². The second-order valence-electron chi connectivity index (χ2n) is 19.6. The van der Waals surface area contributed by atoms with Crippen molar-refractivity contribution in [2.24, 2.45) is 0 Å². The van der Waals surface area contributed by atoms with Gasteiger partial charge in [-0.05, 0) is 131 Å². The van der Waals surface area contributed by atoms with E-state index in [-0.39, 0.29) is 31.9 Å². The van der Waals surface area contributed by atoms with Crippen LogP contribution in [0.3, 0.4) is 0 Å². The summed E-state index contributed by atoms with van der Waals surface area (Å²) in [5.41, 5.74) is 18.8. The summed E-state index contributed by atoms with van der Waals surface area (Å²) in [5, 5.41) is 3.52. The summed E-state index contributed by atoms with van der Waals surface area (Å²) >= 11 is 0. The van der Waals surface area contributed by atoms with Gasteiger partial charge in [-0.25, -0.2) is 0 Å². The minimum Gasteiger partial charge on any atom is -0.483 e. The average molecular weight is 1080 g/mol. The van der Waals surface area contributed by atoms with Crippen LogP contribution in [-0.2, 0) is 32.9 Å². The van der Waals surface area contributed by atoms with Gasteiger partial charge in [0.25, 0.3) is 0 Å². The number of fused-ring (bicyclic) bond motifs is 5. The SMILES string of the molecule is C[Si](C)(C)c1cnc(-c2[c-]cccc2)c2c1CCCC2.Cc1nccc2nc(-c3[c-]nc4oc5ccc(-c6ccccc6)cc5c4c3)n(-c3c(C(C)C)cc(-c4ccccc4)cc3C(C)C)c12.[Ir]. The van der Waals surface area contributed by atoms with Crippen molar-refractivity contribution in [1.29, 1.82) is 0 Å². The molecule has 68 heavy (non-hydrogen) atoms. The zero-order valence-corrected chi connectivity index (χ0v) is 43.6. The van der Waals surface area contributed by atoms with E-state index in [0.717, 1.165) is 66.8 Å². The molecule has 0 atom stereocenters. The van der Waals surface area contributed by atoms with Crippen LogP contribution < -0.4 is 5.19 Å². The summed E-state index contributed by atoms with van der Waals surface area (Å²) in [4.78, 5) is 19.6. The molecule has 10 aromatic rings. The van der Waals surface area contributed by atoms with Crippen molar-refractivity contribution in [3.05, 3.63) is 180 Å². The summed E-state index contributed by atoms with van der Waals surface area (Å²) in [6.07, 6.45) is 12.3. The van der Waals surface area contributed by atoms with Gasteiger partial charge in [0, 0.05) is 43.6 Å². The number of furan rings is 1. The first kappa shape index (κ1) is 46.8. The topological polar surface area (TPSA) is 69.6 Å². The zero-order valence-electron chi connectivity index (χ0n) is 40.2. The summed E-state index contributed by atoms with van der Waals surface area (Å²) < 4.78 is 8.52. The molecule has 0 fully saturated rings. The normalized spacial score (nSPS) is 12.6. The fraction of sp³-hybridized carbons (Fsp3) is 0.233. The van der Waals surface area contributed by atoms with E-state index in [4.69, 9.17) is 24.4 Å². The van der Waals surface area contributed by atoms with Crippen molar-refractivity contribution >= 4 is 46.4 Å². The third-order valence-corrected chi connectivity index (χ3v) is 15.3. The zero-order chi connectivity index (χ0) is 46.4. The van der Waals surface area contributed by atoms with Crippen molar-refractivity contribution in [2.75, 3.05) is 0 Å². The summed E-state index contributed by atoms with van der Waals surface area (Å²) in [6, 6.07) is 47.8. The summed E-state index contributed by atoms with van der Waals surface area (Å²) in [5.74, 6) is 1.30. The van der Waals surface area contributed by atoms with Crippen LogP contribution in [0, 0.1) is 19.2 Å². The van der Waals surface area contributed by atoms with Gasteiger partial charge in [-0.1, -0.05) is 131 Å². The van der Waals surface area contributed by atoms with Crippen LogP contribution in [0.4, 0.5) is 0 Å². The Bertz CT molecular complexity index is 3380. The molecule has 343 valence electrons. The van der Waals surface area contributed by atoms with E-state index in [9.17, 15) is 0 Å². The number of hydrogen-bond donors (Lipinski definition) is 0. The fourth-order valence-electron chi connectivity index (χ4n) is 9.90. The average Bonchev–Trinajstić information content (AvgIpc) is 3.92. The molecule has 6 nitrogen and oxygen atoms in total. The molecular formula is C60H57IrN5OSi-2. The maximum absolute atomic E-state index is 6.20. The number of aromatic nitrogens is 5. The quantitative estimate of drug-likeness (QED) is 0.112. The van der Waals surface area contributed by atoms with Gasteiger partial charge >= 0.3 is 0 Å². The molecule has 1 aliphatic rings. The smallest absolute Gasteiger partial charge is 0.141 e. The standard InChI is InChI=1S/C42H35N4O.C18H22NSi.Ir/c1-25(2)33-21-31(29-14-10-7-11-15-29)22-34(26(3)4)40(33)46-39-27(5)43-19-18-37(39)45-41(46)32-23-36-35-20-30(28-12-8-6-9-13-28)16-17-38(35)47-42(36)44-24-32;1-20(2,3)17-13-19-18(14-9-5-4-6-10-14)16-12-8-7-11-15(16)17;/h6-23,25-26H,1-5H3;4-6,9,13H,7-8,11-12H2,1-3H3;/q2*-1;. The molecule has 0 bridgehead atoms. The van der Waals surface area contributed by atoms with Crippen LogP contribution >= 0.6 is 0 Å². The van der Waals surface area contributed by atoms with E-state index >= 15 is 0 Å². The molecule has 5 heterocycles. The van der Waals surface area contributed by atoms with E-state index in [0.29, 0.717) is 5.71 Å². The molecule has 5 aromatic carbocycles. The minimum atomic E-state index is -1.31. The number of imidazole rings is 1. The van der Waals surface area contributed by atoms with Gasteiger partial charge in [0.1, 0.15) is 11.3 Å². The molecule has 8 heteroatoms. The van der Waals surface area contributed by atoms with Gasteiger partial charge in [0.15, 0.2) is 0 Å². The first-order valence-corrected chi connectivity index (χ1v) is 27.3. The van der Waals surface area contributed by atoms with Gasteiger partial charge in [-0.3, -0.25) is 9.97 Å². The van der Waals surface area contributed by atoms with Crippen molar-refractivity contribution < 1.29 is 24.5 Å². The number of nitrogens with zero attached hydrogens (tertiary/aromatic N) is 5. The Morgan fingerprint density at radius 3 is 1.97 bits per heavy atom. The van der Waals surface area contributed by atoms with Crippen LogP contribution in [-0.4, -0.2) is 32.6 Å². The predicted molar refractivity (Wildman–Crippen MR) is 280 cm³/mol. The Kier molecular flexibility index (Phi) is 13.3. The second-order valence-corrected chi connectivity index (χ2v) is 24.6. The first-order valence-electron chi connectivity index (χ1n) is 23.8. The molecular weight excluding hydrogens is 1030 g/mol. The largest absolute Gasteiger partial charge is 0.483 e. The minimum absolute atomic E-state index is 0. The molecule has 0 amide bonds. The number of aryl methyl sites for hydroxylation is 1. The van der Waals surface area contributed by atoms with Gasteiger partial charge < -0.3 is 19.0 Å². The van der Waals surface area contributed by atoms with E-state index in [2.05, 4.69) is 174 Å². The molecule has 0 saturated carbocycles. The van der Waals surface area contributed by atoms with Crippen molar-refractivity contribution in [2.45, 2.75) is 91.8 Å². The molecule has 11 rings (SSSR count).